The minimum atomic E-state index is -0.294. The Bertz CT molecular complexity index is 580. The van der Waals surface area contributed by atoms with E-state index >= 15 is 0 Å². The minimum Gasteiger partial charge on any atom is -0.497 e. The highest BCUT2D eigenvalue weighted by molar-refractivity contribution is 5.34. The molecular formula is C17H22FNO2. The molecule has 1 heterocycles. The van der Waals surface area contributed by atoms with Gasteiger partial charge in [-0.3, -0.25) is 0 Å². The highest BCUT2D eigenvalue weighted by Gasteiger charge is 2.21. The summed E-state index contributed by atoms with van der Waals surface area (Å²) in [5, 5.41) is 3.34. The predicted molar refractivity (Wildman–Crippen MR) is 81.2 cm³/mol. The van der Waals surface area contributed by atoms with Crippen LogP contribution in [-0.4, -0.2) is 13.7 Å². The van der Waals surface area contributed by atoms with Crippen molar-refractivity contribution < 1.29 is 13.5 Å². The minimum absolute atomic E-state index is 0.281. The lowest BCUT2D eigenvalue weighted by molar-refractivity contribution is 0.402. The van der Waals surface area contributed by atoms with Gasteiger partial charge in [-0.1, -0.05) is 19.9 Å². The Morgan fingerprint density at radius 1 is 1.24 bits per heavy atom. The van der Waals surface area contributed by atoms with Crippen molar-refractivity contribution in [3.8, 4) is 5.75 Å². The largest absolute Gasteiger partial charge is 0.497 e. The van der Waals surface area contributed by atoms with Crippen molar-refractivity contribution in [3.05, 3.63) is 53.2 Å². The quantitative estimate of drug-likeness (QED) is 0.834. The normalized spacial score (nSPS) is 12.4. The van der Waals surface area contributed by atoms with Crippen LogP contribution < -0.4 is 10.1 Å². The molecule has 0 radical (unpaired) electrons. The number of hydrogen-bond acceptors (Lipinski definition) is 3. The summed E-state index contributed by atoms with van der Waals surface area (Å²) in [4.78, 5) is 0. The van der Waals surface area contributed by atoms with Crippen LogP contribution in [0.3, 0.4) is 0 Å². The van der Waals surface area contributed by atoms with Gasteiger partial charge in [0.15, 0.2) is 0 Å². The highest BCUT2D eigenvalue weighted by Crippen LogP contribution is 2.28. The summed E-state index contributed by atoms with van der Waals surface area (Å²) >= 11 is 0. The first-order valence-corrected chi connectivity index (χ1v) is 7.35. The molecular weight excluding hydrogens is 269 g/mol. The van der Waals surface area contributed by atoms with Gasteiger partial charge in [-0.2, -0.15) is 0 Å². The molecule has 114 valence electrons. The van der Waals surface area contributed by atoms with Crippen molar-refractivity contribution in [1.29, 1.82) is 0 Å². The van der Waals surface area contributed by atoms with Gasteiger partial charge in [0.1, 0.15) is 23.1 Å². The molecule has 2 aromatic rings. The third-order valence-corrected chi connectivity index (χ3v) is 3.43. The molecule has 4 heteroatoms. The molecule has 0 saturated heterocycles. The van der Waals surface area contributed by atoms with E-state index in [9.17, 15) is 4.39 Å². The van der Waals surface area contributed by atoms with Crippen molar-refractivity contribution in [3.63, 3.8) is 0 Å². The number of hydrogen-bond donors (Lipinski definition) is 1. The van der Waals surface area contributed by atoms with Gasteiger partial charge in [0, 0.05) is 18.1 Å². The van der Waals surface area contributed by atoms with Crippen LogP contribution in [0.5, 0.6) is 5.75 Å². The van der Waals surface area contributed by atoms with Gasteiger partial charge in [0.25, 0.3) is 0 Å². The summed E-state index contributed by atoms with van der Waals surface area (Å²) in [6.45, 7) is 4.90. The number of furan rings is 1. The van der Waals surface area contributed by atoms with Crippen LogP contribution in [-0.2, 0) is 6.42 Å². The van der Waals surface area contributed by atoms with Crippen LogP contribution in [0.1, 0.15) is 43.4 Å². The SMILES string of the molecule is CCCNC(c1ccc(CC)o1)c1ccc(OC)cc1F. The molecule has 1 aromatic carbocycles. The molecule has 0 fully saturated rings. The van der Waals surface area contributed by atoms with Gasteiger partial charge in [-0.05, 0) is 31.2 Å². The van der Waals surface area contributed by atoms with Crippen LogP contribution in [0.25, 0.3) is 0 Å². The lowest BCUT2D eigenvalue weighted by atomic mass is 10.0. The maximum atomic E-state index is 14.3. The topological polar surface area (TPSA) is 34.4 Å². The molecule has 0 spiro atoms. The Morgan fingerprint density at radius 3 is 2.62 bits per heavy atom. The fourth-order valence-corrected chi connectivity index (χ4v) is 2.26. The molecule has 0 amide bonds. The smallest absolute Gasteiger partial charge is 0.132 e. The Hall–Kier alpha value is -1.81. The van der Waals surface area contributed by atoms with Gasteiger partial charge in [0.2, 0.25) is 0 Å². The summed E-state index contributed by atoms with van der Waals surface area (Å²) in [6.07, 6.45) is 1.79. The summed E-state index contributed by atoms with van der Waals surface area (Å²) in [7, 11) is 1.53. The zero-order chi connectivity index (χ0) is 15.2. The maximum absolute atomic E-state index is 14.3. The number of ether oxygens (including phenoxy) is 1. The summed E-state index contributed by atoms with van der Waals surface area (Å²) in [5.41, 5.74) is 0.571. The summed E-state index contributed by atoms with van der Waals surface area (Å²) in [6, 6.07) is 8.49. The van der Waals surface area contributed by atoms with Crippen molar-refractivity contribution in [2.75, 3.05) is 13.7 Å². The van der Waals surface area contributed by atoms with Gasteiger partial charge >= 0.3 is 0 Å². The van der Waals surface area contributed by atoms with E-state index in [0.29, 0.717) is 11.3 Å². The van der Waals surface area contributed by atoms with Crippen molar-refractivity contribution in [1.82, 2.24) is 5.32 Å². The van der Waals surface area contributed by atoms with Crippen LogP contribution in [0.2, 0.25) is 0 Å². The fraction of sp³-hybridized carbons (Fsp3) is 0.412. The molecule has 0 saturated carbocycles. The van der Waals surface area contributed by atoms with Gasteiger partial charge < -0.3 is 14.5 Å². The Kier molecular flexibility index (Phi) is 5.39. The molecule has 2 rings (SSSR count). The Morgan fingerprint density at radius 2 is 2.05 bits per heavy atom. The molecule has 1 N–H and O–H groups in total. The molecule has 0 aliphatic carbocycles. The number of halogens is 1. The second-order valence-electron chi connectivity index (χ2n) is 4.93. The van der Waals surface area contributed by atoms with Gasteiger partial charge in [0.05, 0.1) is 13.2 Å². The number of nitrogens with one attached hydrogen (secondary N) is 1. The first kappa shape index (κ1) is 15.6. The fourth-order valence-electron chi connectivity index (χ4n) is 2.26. The lowest BCUT2D eigenvalue weighted by Crippen LogP contribution is -2.23. The molecule has 0 bridgehead atoms. The van der Waals surface area contributed by atoms with E-state index < -0.39 is 0 Å². The first-order chi connectivity index (χ1) is 10.2. The van der Waals surface area contributed by atoms with Crippen LogP contribution >= 0.6 is 0 Å². The zero-order valence-electron chi connectivity index (χ0n) is 12.8. The van der Waals surface area contributed by atoms with E-state index in [2.05, 4.69) is 12.2 Å². The van der Waals surface area contributed by atoms with Gasteiger partial charge in [-0.25, -0.2) is 4.39 Å². The van der Waals surface area contributed by atoms with Crippen LogP contribution in [0.15, 0.2) is 34.7 Å². The number of benzene rings is 1. The predicted octanol–water partition coefficient (Wildman–Crippen LogP) is 4.08. The molecule has 1 unspecified atom stereocenters. The molecule has 21 heavy (non-hydrogen) atoms. The van der Waals surface area contributed by atoms with Crippen LogP contribution in [0, 0.1) is 5.82 Å². The number of methoxy groups -OCH3 is 1. The second kappa shape index (κ2) is 7.27. The van der Waals surface area contributed by atoms with Crippen molar-refractivity contribution >= 4 is 0 Å². The van der Waals surface area contributed by atoms with E-state index in [-0.39, 0.29) is 11.9 Å². The molecule has 3 nitrogen and oxygen atoms in total. The lowest BCUT2D eigenvalue weighted by Gasteiger charge is -2.18. The monoisotopic (exact) mass is 291 g/mol. The third-order valence-electron chi connectivity index (χ3n) is 3.43. The average molecular weight is 291 g/mol. The number of rotatable bonds is 7. The van der Waals surface area contributed by atoms with Crippen molar-refractivity contribution in [2.45, 2.75) is 32.7 Å². The van der Waals surface area contributed by atoms with E-state index in [1.165, 1.54) is 13.2 Å². The first-order valence-electron chi connectivity index (χ1n) is 7.35. The highest BCUT2D eigenvalue weighted by atomic mass is 19.1. The van der Waals surface area contributed by atoms with E-state index in [0.717, 1.165) is 30.9 Å². The standard InChI is InChI=1S/C17H22FNO2/c1-4-10-19-17(16-9-7-12(5-2)21-16)14-8-6-13(20-3)11-15(14)18/h6-9,11,17,19H,4-5,10H2,1-3H3. The van der Waals surface area contributed by atoms with Crippen molar-refractivity contribution in [2.24, 2.45) is 0 Å². The molecule has 1 aromatic heterocycles. The summed E-state index contributed by atoms with van der Waals surface area (Å²) < 4.78 is 25.2. The molecule has 1 atom stereocenters. The van der Waals surface area contributed by atoms with Crippen LogP contribution in [0.4, 0.5) is 4.39 Å². The number of aryl methyl sites for hydroxylation is 1. The van der Waals surface area contributed by atoms with Gasteiger partial charge in [-0.15, -0.1) is 0 Å². The third kappa shape index (κ3) is 3.64. The Labute approximate surface area is 125 Å². The average Bonchev–Trinajstić information content (AvgIpc) is 2.97. The maximum Gasteiger partial charge on any atom is 0.132 e. The zero-order valence-corrected chi connectivity index (χ0v) is 12.8. The second-order valence-corrected chi connectivity index (χ2v) is 4.93. The van der Waals surface area contributed by atoms with E-state index in [4.69, 9.17) is 9.15 Å². The molecule has 0 aliphatic rings. The summed E-state index contributed by atoms with van der Waals surface area (Å²) in [5.74, 6) is 1.86. The Balaban J connectivity index is 2.35. The van der Waals surface area contributed by atoms with E-state index in [1.807, 2.05) is 19.1 Å². The molecule has 0 aliphatic heterocycles. The van der Waals surface area contributed by atoms with E-state index in [1.54, 1.807) is 12.1 Å².